The van der Waals surface area contributed by atoms with E-state index in [1.165, 1.54) is 11.3 Å². The molecule has 0 saturated carbocycles. The molecule has 2 aromatic rings. The van der Waals surface area contributed by atoms with Crippen molar-refractivity contribution in [1.29, 1.82) is 0 Å². The third-order valence-corrected chi connectivity index (χ3v) is 3.09. The van der Waals surface area contributed by atoms with E-state index in [1.54, 1.807) is 0 Å². The normalized spacial score (nSPS) is 9.95. The summed E-state index contributed by atoms with van der Waals surface area (Å²) < 4.78 is 4.29. The van der Waals surface area contributed by atoms with Gasteiger partial charge < -0.3 is 4.74 Å². The van der Waals surface area contributed by atoms with E-state index in [4.69, 9.17) is 0 Å². The maximum atomic E-state index is 11.3. The van der Waals surface area contributed by atoms with Crippen LogP contribution in [0.25, 0.3) is 0 Å². The Morgan fingerprint density at radius 2 is 2.00 bits per heavy atom. The number of ether oxygens (including phenoxy) is 1. The zero-order valence-corrected chi connectivity index (χ0v) is 10.9. The number of nitrogens with zero attached hydrogens (tertiary/aromatic N) is 2. The summed E-state index contributed by atoms with van der Waals surface area (Å²) in [5.41, 5.74) is 1.10. The molecule has 98 valence electrons. The summed E-state index contributed by atoms with van der Waals surface area (Å²) in [6.45, 7) is 0. The van der Waals surface area contributed by atoms with Gasteiger partial charge in [-0.3, -0.25) is 10.1 Å². The van der Waals surface area contributed by atoms with Gasteiger partial charge in [0, 0.05) is 6.42 Å². The molecule has 0 saturated heterocycles. The molecule has 0 aliphatic rings. The van der Waals surface area contributed by atoms with E-state index in [0.717, 1.165) is 17.7 Å². The Labute approximate surface area is 113 Å². The average molecular weight is 277 g/mol. The highest BCUT2D eigenvalue weighted by molar-refractivity contribution is 7.15. The lowest BCUT2D eigenvalue weighted by Crippen LogP contribution is -2.23. The smallest absolute Gasteiger partial charge is 0.396 e. The Bertz CT molecular complexity index is 583. The van der Waals surface area contributed by atoms with Gasteiger partial charge in [-0.25, -0.2) is 4.79 Å². The van der Waals surface area contributed by atoms with Crippen molar-refractivity contribution in [1.82, 2.24) is 10.2 Å². The molecule has 1 aromatic carbocycles. The first-order valence-electron chi connectivity index (χ1n) is 5.44. The minimum atomic E-state index is -0.959. The second-order valence-electron chi connectivity index (χ2n) is 3.61. The number of anilines is 1. The fourth-order valence-corrected chi connectivity index (χ4v) is 2.16. The highest BCUT2D eigenvalue weighted by atomic mass is 32.1. The maximum Gasteiger partial charge on any atom is 0.396 e. The first-order valence-corrected chi connectivity index (χ1v) is 6.26. The van der Waals surface area contributed by atoms with Crippen molar-refractivity contribution in [2.75, 3.05) is 12.4 Å². The van der Waals surface area contributed by atoms with E-state index in [-0.39, 0.29) is 5.13 Å². The summed E-state index contributed by atoms with van der Waals surface area (Å²) in [7, 11) is 1.14. The Morgan fingerprint density at radius 3 is 2.68 bits per heavy atom. The number of esters is 1. The number of aromatic nitrogens is 2. The molecule has 6 nitrogen and oxygen atoms in total. The summed E-state index contributed by atoms with van der Waals surface area (Å²) in [4.78, 5) is 22.2. The van der Waals surface area contributed by atoms with Gasteiger partial charge in [-0.2, -0.15) is 0 Å². The van der Waals surface area contributed by atoms with Gasteiger partial charge in [0.05, 0.1) is 7.11 Å². The second-order valence-corrected chi connectivity index (χ2v) is 4.67. The van der Waals surface area contributed by atoms with Crippen LogP contribution >= 0.6 is 11.3 Å². The van der Waals surface area contributed by atoms with Crippen LogP contribution in [-0.4, -0.2) is 29.2 Å². The van der Waals surface area contributed by atoms with Crippen LogP contribution in [0.2, 0.25) is 0 Å². The standard InChI is InChI=1S/C12H11N3O3S/c1-18-11(17)10(16)13-12-15-14-9(19-12)7-8-5-3-2-4-6-8/h2-6H,7H2,1H3,(H,13,15,16). The minimum Gasteiger partial charge on any atom is -0.462 e. The van der Waals surface area contributed by atoms with Gasteiger partial charge in [0.2, 0.25) is 5.13 Å². The van der Waals surface area contributed by atoms with E-state index in [1.807, 2.05) is 30.3 Å². The molecule has 0 fully saturated rings. The Morgan fingerprint density at radius 1 is 1.26 bits per heavy atom. The van der Waals surface area contributed by atoms with Crippen molar-refractivity contribution in [3.8, 4) is 0 Å². The van der Waals surface area contributed by atoms with E-state index < -0.39 is 11.9 Å². The summed E-state index contributed by atoms with van der Waals surface area (Å²) in [5, 5.41) is 11.1. The number of methoxy groups -OCH3 is 1. The van der Waals surface area contributed by atoms with Crippen molar-refractivity contribution in [3.05, 3.63) is 40.9 Å². The zero-order chi connectivity index (χ0) is 13.7. The summed E-state index contributed by atoms with van der Waals surface area (Å²) in [6.07, 6.45) is 0.632. The van der Waals surface area contributed by atoms with Crippen molar-refractivity contribution in [2.24, 2.45) is 0 Å². The number of carbonyl (C=O) groups excluding carboxylic acids is 2. The predicted octanol–water partition coefficient (Wildman–Crippen LogP) is 1.24. The summed E-state index contributed by atoms with van der Waals surface area (Å²) in [5.74, 6) is -1.82. The Balaban J connectivity index is 2.00. The lowest BCUT2D eigenvalue weighted by atomic mass is 10.2. The summed E-state index contributed by atoms with van der Waals surface area (Å²) >= 11 is 1.22. The molecule has 0 radical (unpaired) electrons. The monoisotopic (exact) mass is 277 g/mol. The van der Waals surface area contributed by atoms with Crippen LogP contribution in [0.15, 0.2) is 30.3 Å². The molecule has 1 N–H and O–H groups in total. The Kier molecular flexibility index (Phi) is 4.19. The third-order valence-electron chi connectivity index (χ3n) is 2.26. The molecule has 19 heavy (non-hydrogen) atoms. The molecule has 0 aliphatic heterocycles. The number of amides is 1. The van der Waals surface area contributed by atoms with Gasteiger partial charge >= 0.3 is 11.9 Å². The third kappa shape index (κ3) is 3.59. The highest BCUT2D eigenvalue weighted by Gasteiger charge is 2.16. The largest absolute Gasteiger partial charge is 0.462 e. The average Bonchev–Trinajstić information content (AvgIpc) is 2.86. The van der Waals surface area contributed by atoms with Crippen LogP contribution < -0.4 is 5.32 Å². The molecule has 1 amide bonds. The molecular weight excluding hydrogens is 266 g/mol. The first-order chi connectivity index (χ1) is 9.19. The number of carbonyl (C=O) groups is 2. The van der Waals surface area contributed by atoms with E-state index in [2.05, 4.69) is 20.3 Å². The van der Waals surface area contributed by atoms with Gasteiger partial charge in [-0.15, -0.1) is 10.2 Å². The fourth-order valence-electron chi connectivity index (χ4n) is 1.39. The lowest BCUT2D eigenvalue weighted by Gasteiger charge is -1.97. The van der Waals surface area contributed by atoms with Gasteiger partial charge in [-0.05, 0) is 5.56 Å². The molecule has 7 heteroatoms. The molecule has 1 aromatic heterocycles. The molecule has 0 unspecified atom stereocenters. The van der Waals surface area contributed by atoms with Gasteiger partial charge in [0.25, 0.3) is 0 Å². The number of rotatable bonds is 3. The molecular formula is C12H11N3O3S. The Hall–Kier alpha value is -2.28. The van der Waals surface area contributed by atoms with Crippen molar-refractivity contribution in [3.63, 3.8) is 0 Å². The van der Waals surface area contributed by atoms with Crippen LogP contribution in [-0.2, 0) is 20.7 Å². The van der Waals surface area contributed by atoms with Crippen LogP contribution in [0.3, 0.4) is 0 Å². The van der Waals surface area contributed by atoms with Gasteiger partial charge in [0.15, 0.2) is 0 Å². The topological polar surface area (TPSA) is 81.2 Å². The quantitative estimate of drug-likeness (QED) is 0.674. The van der Waals surface area contributed by atoms with Crippen molar-refractivity contribution < 1.29 is 14.3 Å². The van der Waals surface area contributed by atoms with Crippen LogP contribution in [0, 0.1) is 0 Å². The molecule has 0 atom stereocenters. The van der Waals surface area contributed by atoms with Crippen molar-refractivity contribution >= 4 is 28.3 Å². The van der Waals surface area contributed by atoms with E-state index in [9.17, 15) is 9.59 Å². The van der Waals surface area contributed by atoms with E-state index in [0.29, 0.717) is 6.42 Å². The molecule has 0 spiro atoms. The lowest BCUT2D eigenvalue weighted by molar-refractivity contribution is -0.150. The minimum absolute atomic E-state index is 0.279. The summed E-state index contributed by atoms with van der Waals surface area (Å²) in [6, 6.07) is 9.78. The highest BCUT2D eigenvalue weighted by Crippen LogP contribution is 2.18. The van der Waals surface area contributed by atoms with Crippen LogP contribution in [0.4, 0.5) is 5.13 Å². The molecule has 0 bridgehead atoms. The SMILES string of the molecule is COC(=O)C(=O)Nc1nnc(Cc2ccccc2)s1. The van der Waals surface area contributed by atoms with Crippen LogP contribution in [0.1, 0.15) is 10.6 Å². The first kappa shape index (κ1) is 13.2. The van der Waals surface area contributed by atoms with Crippen molar-refractivity contribution in [2.45, 2.75) is 6.42 Å². The second kappa shape index (κ2) is 6.05. The molecule has 1 heterocycles. The fraction of sp³-hybridized carbons (Fsp3) is 0.167. The van der Waals surface area contributed by atoms with Gasteiger partial charge in [-0.1, -0.05) is 41.7 Å². The number of hydrogen-bond acceptors (Lipinski definition) is 6. The van der Waals surface area contributed by atoms with Gasteiger partial charge in [0.1, 0.15) is 5.01 Å². The maximum absolute atomic E-state index is 11.3. The zero-order valence-electron chi connectivity index (χ0n) is 10.1. The van der Waals surface area contributed by atoms with E-state index >= 15 is 0 Å². The predicted molar refractivity (Wildman–Crippen MR) is 69.8 cm³/mol. The molecule has 0 aliphatic carbocycles. The number of nitrogens with one attached hydrogen (secondary N) is 1. The molecule has 2 rings (SSSR count). The van der Waals surface area contributed by atoms with Crippen LogP contribution in [0.5, 0.6) is 0 Å². The number of benzene rings is 1. The number of hydrogen-bond donors (Lipinski definition) is 1.